The van der Waals surface area contributed by atoms with Crippen LogP contribution < -0.4 is 14.4 Å². The van der Waals surface area contributed by atoms with Crippen LogP contribution in [0.1, 0.15) is 22.7 Å². The van der Waals surface area contributed by atoms with E-state index in [1.54, 1.807) is 48.5 Å². The number of aliphatic hydroxyl groups is 1. The highest BCUT2D eigenvalue weighted by molar-refractivity contribution is 6.52. The summed E-state index contributed by atoms with van der Waals surface area (Å²) in [6.07, 6.45) is -0.198. The number of hydrogen-bond donors (Lipinski definition) is 2. The molecule has 0 saturated carbocycles. The molecule has 1 heterocycles. The van der Waals surface area contributed by atoms with Crippen LogP contribution in [-0.2, 0) is 20.8 Å². The third-order valence-corrected chi connectivity index (χ3v) is 6.41. The van der Waals surface area contributed by atoms with Gasteiger partial charge in [-0.2, -0.15) is 0 Å². The maximum absolute atomic E-state index is 13.4. The zero-order valence-electron chi connectivity index (χ0n) is 19.7. The molecule has 1 aliphatic rings. The lowest BCUT2D eigenvalue weighted by Gasteiger charge is -2.26. The Labute approximate surface area is 222 Å². The van der Waals surface area contributed by atoms with E-state index >= 15 is 0 Å². The molecular weight excluding hydrogens is 521 g/mol. The molecule has 8 nitrogen and oxygen atoms in total. The quantitative estimate of drug-likeness (QED) is 0.238. The summed E-state index contributed by atoms with van der Waals surface area (Å²) in [5.41, 5.74) is 1.23. The normalized spacial score (nSPS) is 16.6. The van der Waals surface area contributed by atoms with Gasteiger partial charge < -0.3 is 19.7 Å². The number of rotatable bonds is 7. The summed E-state index contributed by atoms with van der Waals surface area (Å²) >= 11 is 12.4. The summed E-state index contributed by atoms with van der Waals surface area (Å²) in [6, 6.07) is 14.7. The minimum atomic E-state index is -1.03. The van der Waals surface area contributed by atoms with Crippen LogP contribution in [0, 0.1) is 0 Å². The van der Waals surface area contributed by atoms with E-state index in [-0.39, 0.29) is 33.4 Å². The molecule has 3 aromatic rings. The number of amides is 1. The van der Waals surface area contributed by atoms with Crippen molar-refractivity contribution in [3.05, 3.63) is 93.0 Å². The molecule has 0 radical (unpaired) electrons. The number of aliphatic carboxylic acids is 1. The fourth-order valence-corrected chi connectivity index (χ4v) is 4.81. The number of halogens is 2. The molecule has 1 unspecified atom stereocenters. The van der Waals surface area contributed by atoms with Crippen LogP contribution in [0.15, 0.2) is 66.2 Å². The van der Waals surface area contributed by atoms with E-state index in [0.29, 0.717) is 22.6 Å². The SMILES string of the molecule is COc1ccc(C2/C(=C(\O)c3cc(Cl)cc(Cl)c3OC)C(=O)C(=O)N2c2ccc(CC(=O)O)cc2)cc1. The second kappa shape index (κ2) is 10.5. The molecule has 190 valence electrons. The first kappa shape index (κ1) is 26.1. The minimum absolute atomic E-state index is 0.0494. The molecule has 4 rings (SSSR count). The van der Waals surface area contributed by atoms with E-state index in [0.717, 1.165) is 0 Å². The molecule has 0 aliphatic carbocycles. The number of benzene rings is 3. The Morgan fingerprint density at radius 1 is 0.946 bits per heavy atom. The van der Waals surface area contributed by atoms with Crippen molar-refractivity contribution in [3.8, 4) is 11.5 Å². The predicted molar refractivity (Wildman–Crippen MR) is 139 cm³/mol. The van der Waals surface area contributed by atoms with E-state index in [1.807, 2.05) is 0 Å². The predicted octanol–water partition coefficient (Wildman–Crippen LogP) is 5.26. The van der Waals surface area contributed by atoms with Gasteiger partial charge in [0, 0.05) is 10.7 Å². The molecule has 0 aromatic heterocycles. The number of hydrogen-bond acceptors (Lipinski definition) is 6. The van der Waals surface area contributed by atoms with E-state index in [9.17, 15) is 19.5 Å². The third-order valence-electron chi connectivity index (χ3n) is 5.91. The van der Waals surface area contributed by atoms with E-state index in [2.05, 4.69) is 0 Å². The van der Waals surface area contributed by atoms with Crippen molar-refractivity contribution in [2.24, 2.45) is 0 Å². The molecule has 1 atom stereocenters. The van der Waals surface area contributed by atoms with Crippen molar-refractivity contribution in [3.63, 3.8) is 0 Å². The highest BCUT2D eigenvalue weighted by Crippen LogP contribution is 2.45. The molecule has 10 heteroatoms. The third kappa shape index (κ3) is 4.98. The Hall–Kier alpha value is -4.01. The highest BCUT2D eigenvalue weighted by Gasteiger charge is 2.47. The molecular formula is C27H21Cl2NO7. The van der Waals surface area contributed by atoms with Crippen molar-refractivity contribution in [2.75, 3.05) is 19.1 Å². The molecule has 0 spiro atoms. The van der Waals surface area contributed by atoms with Crippen LogP contribution in [0.3, 0.4) is 0 Å². The van der Waals surface area contributed by atoms with E-state index < -0.39 is 29.5 Å². The largest absolute Gasteiger partial charge is 0.507 e. The fraction of sp³-hybridized carbons (Fsp3) is 0.148. The monoisotopic (exact) mass is 541 g/mol. The van der Waals surface area contributed by atoms with E-state index in [4.69, 9.17) is 37.8 Å². The average Bonchev–Trinajstić information content (AvgIpc) is 3.13. The Morgan fingerprint density at radius 2 is 1.59 bits per heavy atom. The van der Waals surface area contributed by atoms with Crippen molar-refractivity contribution in [2.45, 2.75) is 12.5 Å². The summed E-state index contributed by atoms with van der Waals surface area (Å²) in [5.74, 6) is -2.67. The fourth-order valence-electron chi connectivity index (χ4n) is 4.24. The van der Waals surface area contributed by atoms with E-state index in [1.165, 1.54) is 31.3 Å². The van der Waals surface area contributed by atoms with Gasteiger partial charge in [0.1, 0.15) is 17.3 Å². The van der Waals surface area contributed by atoms with Crippen LogP contribution in [0.4, 0.5) is 5.69 Å². The smallest absolute Gasteiger partial charge is 0.307 e. The molecule has 3 aromatic carbocycles. The number of nitrogens with zero attached hydrogens (tertiary/aromatic N) is 1. The van der Waals surface area contributed by atoms with Gasteiger partial charge >= 0.3 is 5.97 Å². The lowest BCUT2D eigenvalue weighted by atomic mass is 9.94. The second-order valence-electron chi connectivity index (χ2n) is 8.15. The van der Waals surface area contributed by atoms with Gasteiger partial charge in [0.2, 0.25) is 0 Å². The average molecular weight is 542 g/mol. The van der Waals surface area contributed by atoms with Gasteiger partial charge in [0.25, 0.3) is 11.7 Å². The van der Waals surface area contributed by atoms with Crippen LogP contribution in [0.25, 0.3) is 5.76 Å². The minimum Gasteiger partial charge on any atom is -0.507 e. The first-order valence-electron chi connectivity index (χ1n) is 10.9. The summed E-state index contributed by atoms with van der Waals surface area (Å²) in [6.45, 7) is 0. The number of Topliss-reactive ketones (excluding diaryl/α,β-unsaturated/α-hetero) is 1. The van der Waals surface area contributed by atoms with Crippen LogP contribution in [0.2, 0.25) is 10.0 Å². The van der Waals surface area contributed by atoms with Gasteiger partial charge in [-0.05, 0) is 47.5 Å². The zero-order valence-corrected chi connectivity index (χ0v) is 21.2. The van der Waals surface area contributed by atoms with Gasteiger partial charge in [0.05, 0.1) is 42.8 Å². The van der Waals surface area contributed by atoms with Gasteiger partial charge in [-0.3, -0.25) is 19.3 Å². The number of aliphatic hydroxyl groups excluding tert-OH is 1. The topological polar surface area (TPSA) is 113 Å². The van der Waals surface area contributed by atoms with Crippen LogP contribution in [0.5, 0.6) is 11.5 Å². The Kier molecular flexibility index (Phi) is 7.42. The van der Waals surface area contributed by atoms with Crippen molar-refractivity contribution in [1.29, 1.82) is 0 Å². The first-order chi connectivity index (χ1) is 17.7. The first-order valence-corrected chi connectivity index (χ1v) is 11.7. The number of anilines is 1. The maximum Gasteiger partial charge on any atom is 0.307 e. The number of carbonyl (C=O) groups is 3. The number of ketones is 1. The Balaban J connectivity index is 1.93. The highest BCUT2D eigenvalue weighted by atomic mass is 35.5. The lowest BCUT2D eigenvalue weighted by molar-refractivity contribution is -0.136. The van der Waals surface area contributed by atoms with Gasteiger partial charge in [-0.1, -0.05) is 47.5 Å². The van der Waals surface area contributed by atoms with Crippen LogP contribution in [-0.4, -0.2) is 42.1 Å². The zero-order chi connectivity index (χ0) is 26.9. The molecule has 1 aliphatic heterocycles. The summed E-state index contributed by atoms with van der Waals surface area (Å²) in [7, 11) is 2.86. The summed E-state index contributed by atoms with van der Waals surface area (Å²) in [4.78, 5) is 39.0. The van der Waals surface area contributed by atoms with Gasteiger partial charge in [0.15, 0.2) is 0 Å². The lowest BCUT2D eigenvalue weighted by Crippen LogP contribution is -2.29. The molecule has 0 bridgehead atoms. The Bertz CT molecular complexity index is 1420. The summed E-state index contributed by atoms with van der Waals surface area (Å²) < 4.78 is 10.6. The maximum atomic E-state index is 13.4. The van der Waals surface area contributed by atoms with Gasteiger partial charge in [-0.15, -0.1) is 0 Å². The number of methoxy groups -OCH3 is 2. The molecule has 1 amide bonds. The van der Waals surface area contributed by atoms with Crippen molar-refractivity contribution < 1.29 is 34.1 Å². The number of ether oxygens (including phenoxy) is 2. The molecule has 2 N–H and O–H groups in total. The Morgan fingerprint density at radius 3 is 2.16 bits per heavy atom. The number of carboxylic acid groups (broad SMARTS) is 1. The summed E-state index contributed by atoms with van der Waals surface area (Å²) in [5, 5.41) is 20.8. The van der Waals surface area contributed by atoms with Crippen molar-refractivity contribution in [1.82, 2.24) is 0 Å². The van der Waals surface area contributed by atoms with Crippen LogP contribution >= 0.6 is 23.2 Å². The molecule has 37 heavy (non-hydrogen) atoms. The molecule has 1 saturated heterocycles. The van der Waals surface area contributed by atoms with Gasteiger partial charge in [-0.25, -0.2) is 0 Å². The molecule has 1 fully saturated rings. The second-order valence-corrected chi connectivity index (χ2v) is 8.99. The number of carboxylic acids is 1. The number of carbonyl (C=O) groups excluding carboxylic acids is 2. The van der Waals surface area contributed by atoms with Crippen molar-refractivity contribution >= 4 is 52.3 Å². The standard InChI is InChI=1S/C27H21Cl2NO7/c1-36-18-9-5-15(6-10-18)23-22(24(33)19-12-16(28)13-20(29)26(19)37-2)25(34)27(35)30(23)17-7-3-14(4-8-17)11-21(31)32/h3-10,12-13,23,33H,11H2,1-2H3,(H,31,32)/b24-22+.